The summed E-state index contributed by atoms with van der Waals surface area (Å²) in [7, 11) is 0. The van der Waals surface area contributed by atoms with Gasteiger partial charge < -0.3 is 4.74 Å². The van der Waals surface area contributed by atoms with Gasteiger partial charge in [0.1, 0.15) is 6.61 Å². The third-order valence-electron chi connectivity index (χ3n) is 3.70. The van der Waals surface area contributed by atoms with Crippen LogP contribution >= 0.6 is 0 Å². The lowest BCUT2D eigenvalue weighted by molar-refractivity contribution is -0.145. The van der Waals surface area contributed by atoms with E-state index in [0.29, 0.717) is 13.0 Å². The normalized spacial score (nSPS) is 10.6. The number of benzene rings is 1. The maximum absolute atomic E-state index is 11.7. The molecule has 0 aliphatic carbocycles. The molecule has 0 aliphatic rings. The van der Waals surface area contributed by atoms with Crippen molar-refractivity contribution < 1.29 is 9.53 Å². The summed E-state index contributed by atoms with van der Waals surface area (Å²) < 4.78 is 5.42. The summed E-state index contributed by atoms with van der Waals surface area (Å²) >= 11 is 0. The standard InChI is InChI=1S/C19H30O2/c1-4-7-8-11-19(20)21-15-18-13-12-16(9-5-2)14-17(18)10-6-3/h12-14H,4-11,15H2,1-3H3. The Morgan fingerprint density at radius 2 is 1.71 bits per heavy atom. The number of unbranched alkanes of at least 4 members (excludes halogenated alkanes) is 2. The van der Waals surface area contributed by atoms with Gasteiger partial charge in [-0.3, -0.25) is 4.79 Å². The zero-order valence-corrected chi connectivity index (χ0v) is 13.9. The zero-order chi connectivity index (χ0) is 15.5. The largest absolute Gasteiger partial charge is 0.461 e. The van der Waals surface area contributed by atoms with E-state index in [9.17, 15) is 4.79 Å². The van der Waals surface area contributed by atoms with Gasteiger partial charge >= 0.3 is 5.97 Å². The summed E-state index contributed by atoms with van der Waals surface area (Å²) in [4.78, 5) is 11.7. The molecular weight excluding hydrogens is 260 g/mol. The van der Waals surface area contributed by atoms with E-state index in [1.165, 1.54) is 16.7 Å². The Labute approximate surface area is 129 Å². The quantitative estimate of drug-likeness (QED) is 0.436. The highest BCUT2D eigenvalue weighted by Gasteiger charge is 2.07. The van der Waals surface area contributed by atoms with Crippen LogP contribution in [0.25, 0.3) is 0 Å². The highest BCUT2D eigenvalue weighted by Crippen LogP contribution is 2.17. The third-order valence-corrected chi connectivity index (χ3v) is 3.70. The summed E-state index contributed by atoms with van der Waals surface area (Å²) in [5.74, 6) is -0.0662. The molecule has 0 bridgehead atoms. The van der Waals surface area contributed by atoms with Crippen LogP contribution in [0.2, 0.25) is 0 Å². The molecule has 0 spiro atoms. The van der Waals surface area contributed by atoms with Crippen LogP contribution in [0.15, 0.2) is 18.2 Å². The number of aryl methyl sites for hydroxylation is 2. The minimum absolute atomic E-state index is 0.0662. The van der Waals surface area contributed by atoms with Crippen LogP contribution in [-0.2, 0) is 29.0 Å². The summed E-state index contributed by atoms with van der Waals surface area (Å²) in [6.07, 6.45) is 8.17. The van der Waals surface area contributed by atoms with Crippen molar-refractivity contribution in [2.75, 3.05) is 0 Å². The number of carbonyl (C=O) groups is 1. The Morgan fingerprint density at radius 3 is 2.38 bits per heavy atom. The van der Waals surface area contributed by atoms with Crippen molar-refractivity contribution in [1.29, 1.82) is 0 Å². The number of rotatable bonds is 10. The van der Waals surface area contributed by atoms with Gasteiger partial charge in [0.15, 0.2) is 0 Å². The first-order chi connectivity index (χ1) is 10.2. The van der Waals surface area contributed by atoms with Crippen molar-refractivity contribution in [2.24, 2.45) is 0 Å². The van der Waals surface area contributed by atoms with Crippen LogP contribution < -0.4 is 0 Å². The lowest BCUT2D eigenvalue weighted by Crippen LogP contribution is -2.06. The molecule has 0 unspecified atom stereocenters. The maximum Gasteiger partial charge on any atom is 0.306 e. The van der Waals surface area contributed by atoms with Gasteiger partial charge in [0.05, 0.1) is 0 Å². The molecule has 118 valence electrons. The summed E-state index contributed by atoms with van der Waals surface area (Å²) in [6.45, 7) is 6.95. The Hall–Kier alpha value is -1.31. The minimum atomic E-state index is -0.0662. The smallest absolute Gasteiger partial charge is 0.306 e. The molecule has 0 fully saturated rings. The zero-order valence-electron chi connectivity index (χ0n) is 13.9. The molecule has 0 aliphatic heterocycles. The van der Waals surface area contributed by atoms with E-state index in [2.05, 4.69) is 39.0 Å². The Kier molecular flexibility index (Phi) is 8.80. The number of carbonyl (C=O) groups excluding carboxylic acids is 1. The number of hydrogen-bond donors (Lipinski definition) is 0. The number of hydrogen-bond acceptors (Lipinski definition) is 2. The fourth-order valence-corrected chi connectivity index (χ4v) is 2.52. The van der Waals surface area contributed by atoms with E-state index in [0.717, 1.165) is 44.9 Å². The van der Waals surface area contributed by atoms with E-state index in [1.54, 1.807) is 0 Å². The molecule has 2 heteroatoms. The monoisotopic (exact) mass is 290 g/mol. The van der Waals surface area contributed by atoms with Crippen LogP contribution in [0, 0.1) is 0 Å². The molecule has 21 heavy (non-hydrogen) atoms. The number of ether oxygens (including phenoxy) is 1. The van der Waals surface area contributed by atoms with Crippen molar-refractivity contribution in [1.82, 2.24) is 0 Å². The van der Waals surface area contributed by atoms with Crippen molar-refractivity contribution in [3.05, 3.63) is 34.9 Å². The Bertz CT molecular complexity index is 424. The van der Waals surface area contributed by atoms with Crippen LogP contribution in [0.1, 0.15) is 76.0 Å². The highest BCUT2D eigenvalue weighted by molar-refractivity contribution is 5.69. The Balaban J connectivity index is 2.58. The summed E-state index contributed by atoms with van der Waals surface area (Å²) in [6, 6.07) is 6.59. The molecule has 0 N–H and O–H groups in total. The highest BCUT2D eigenvalue weighted by atomic mass is 16.5. The molecule has 0 saturated heterocycles. The second kappa shape index (κ2) is 10.4. The Morgan fingerprint density at radius 1 is 0.952 bits per heavy atom. The average molecular weight is 290 g/mol. The van der Waals surface area contributed by atoms with E-state index in [1.807, 2.05) is 0 Å². The topological polar surface area (TPSA) is 26.3 Å². The summed E-state index contributed by atoms with van der Waals surface area (Å²) in [5, 5.41) is 0. The molecule has 0 aromatic heterocycles. The van der Waals surface area contributed by atoms with Crippen LogP contribution in [0.5, 0.6) is 0 Å². The van der Waals surface area contributed by atoms with Crippen molar-refractivity contribution in [3.63, 3.8) is 0 Å². The second-order valence-electron chi connectivity index (χ2n) is 5.72. The molecular formula is C19H30O2. The molecule has 1 aromatic carbocycles. The molecule has 0 radical (unpaired) electrons. The average Bonchev–Trinajstić information content (AvgIpc) is 2.47. The van der Waals surface area contributed by atoms with Gasteiger partial charge in [0.25, 0.3) is 0 Å². The van der Waals surface area contributed by atoms with Gasteiger partial charge in [0.2, 0.25) is 0 Å². The molecule has 0 heterocycles. The molecule has 0 saturated carbocycles. The first-order valence-electron chi connectivity index (χ1n) is 8.47. The predicted octanol–water partition coefficient (Wildman–Crippen LogP) is 5.22. The van der Waals surface area contributed by atoms with E-state index in [-0.39, 0.29) is 5.97 Å². The van der Waals surface area contributed by atoms with Gasteiger partial charge in [-0.15, -0.1) is 0 Å². The fraction of sp³-hybridized carbons (Fsp3) is 0.632. The molecule has 0 amide bonds. The van der Waals surface area contributed by atoms with E-state index in [4.69, 9.17) is 4.74 Å². The molecule has 2 nitrogen and oxygen atoms in total. The van der Waals surface area contributed by atoms with Crippen molar-refractivity contribution in [2.45, 2.75) is 78.7 Å². The van der Waals surface area contributed by atoms with E-state index >= 15 is 0 Å². The molecule has 0 atom stereocenters. The van der Waals surface area contributed by atoms with Crippen molar-refractivity contribution in [3.8, 4) is 0 Å². The van der Waals surface area contributed by atoms with Crippen molar-refractivity contribution >= 4 is 5.97 Å². The van der Waals surface area contributed by atoms with Gasteiger partial charge in [-0.25, -0.2) is 0 Å². The number of esters is 1. The second-order valence-corrected chi connectivity index (χ2v) is 5.72. The molecule has 1 aromatic rings. The predicted molar refractivity (Wildman–Crippen MR) is 88.4 cm³/mol. The first kappa shape index (κ1) is 17.7. The lowest BCUT2D eigenvalue weighted by atomic mass is 9.98. The first-order valence-corrected chi connectivity index (χ1v) is 8.47. The van der Waals surface area contributed by atoms with Gasteiger partial charge in [-0.1, -0.05) is 64.7 Å². The summed E-state index contributed by atoms with van der Waals surface area (Å²) in [5.41, 5.74) is 3.89. The fourth-order valence-electron chi connectivity index (χ4n) is 2.52. The van der Waals surface area contributed by atoms with Crippen LogP contribution in [-0.4, -0.2) is 5.97 Å². The van der Waals surface area contributed by atoms with Crippen LogP contribution in [0.4, 0.5) is 0 Å². The van der Waals surface area contributed by atoms with E-state index < -0.39 is 0 Å². The molecule has 1 rings (SSSR count). The minimum Gasteiger partial charge on any atom is -0.461 e. The van der Waals surface area contributed by atoms with Gasteiger partial charge in [-0.05, 0) is 36.0 Å². The maximum atomic E-state index is 11.7. The third kappa shape index (κ3) is 6.79. The van der Waals surface area contributed by atoms with Gasteiger partial charge in [0, 0.05) is 6.42 Å². The SMILES string of the molecule is CCCCCC(=O)OCc1ccc(CCC)cc1CCC. The van der Waals surface area contributed by atoms with Gasteiger partial charge in [-0.2, -0.15) is 0 Å². The van der Waals surface area contributed by atoms with Crippen LogP contribution in [0.3, 0.4) is 0 Å². The lowest BCUT2D eigenvalue weighted by Gasteiger charge is -2.12.